The second-order valence-electron chi connectivity index (χ2n) is 4.32. The fraction of sp³-hybridized carbons (Fsp3) is 0. The van der Waals surface area contributed by atoms with Gasteiger partial charge in [-0.15, -0.1) is 0 Å². The lowest BCUT2D eigenvalue weighted by atomic mass is 10.1. The molecular formula is C14H10N4O3. The molecule has 7 heteroatoms. The summed E-state index contributed by atoms with van der Waals surface area (Å²) in [6.07, 6.45) is 0. The Morgan fingerprint density at radius 2 is 1.95 bits per heavy atom. The number of rotatable bonds is 3. The number of aromatic nitrogens is 2. The van der Waals surface area contributed by atoms with Gasteiger partial charge in [0.2, 0.25) is 5.82 Å². The largest absolute Gasteiger partial charge is 0.398 e. The number of nitro groups is 1. The van der Waals surface area contributed by atoms with E-state index in [9.17, 15) is 10.1 Å². The van der Waals surface area contributed by atoms with Crippen LogP contribution in [0.4, 0.5) is 11.4 Å². The minimum absolute atomic E-state index is 0.0357. The van der Waals surface area contributed by atoms with Gasteiger partial charge in [0.15, 0.2) is 0 Å². The molecule has 0 aliphatic heterocycles. The van der Waals surface area contributed by atoms with E-state index in [4.69, 9.17) is 10.3 Å². The summed E-state index contributed by atoms with van der Waals surface area (Å²) < 4.78 is 5.16. The Morgan fingerprint density at radius 1 is 1.14 bits per heavy atom. The van der Waals surface area contributed by atoms with Gasteiger partial charge in [0.1, 0.15) is 0 Å². The summed E-state index contributed by atoms with van der Waals surface area (Å²) in [5, 5.41) is 14.6. The highest BCUT2D eigenvalue weighted by atomic mass is 16.6. The molecule has 0 bridgehead atoms. The third-order valence-corrected chi connectivity index (χ3v) is 2.93. The molecule has 0 atom stereocenters. The molecule has 0 aliphatic carbocycles. The predicted molar refractivity (Wildman–Crippen MR) is 76.2 cm³/mol. The molecule has 3 aromatic rings. The van der Waals surface area contributed by atoms with Crippen LogP contribution in [0, 0.1) is 10.1 Å². The van der Waals surface area contributed by atoms with Gasteiger partial charge < -0.3 is 10.3 Å². The van der Waals surface area contributed by atoms with Crippen molar-refractivity contribution in [3.63, 3.8) is 0 Å². The zero-order chi connectivity index (χ0) is 14.8. The summed E-state index contributed by atoms with van der Waals surface area (Å²) in [4.78, 5) is 14.5. The second kappa shape index (κ2) is 5.04. The first-order valence-electron chi connectivity index (χ1n) is 6.08. The van der Waals surface area contributed by atoms with Crippen LogP contribution in [0.1, 0.15) is 0 Å². The molecule has 0 radical (unpaired) electrons. The summed E-state index contributed by atoms with van der Waals surface area (Å²) in [5.41, 5.74) is 7.48. The number of nitrogens with zero attached hydrogens (tertiary/aromatic N) is 3. The van der Waals surface area contributed by atoms with Gasteiger partial charge in [-0.3, -0.25) is 10.1 Å². The van der Waals surface area contributed by atoms with Crippen molar-refractivity contribution in [1.82, 2.24) is 10.1 Å². The third kappa shape index (κ3) is 2.44. The molecule has 2 aromatic carbocycles. The summed E-state index contributed by atoms with van der Waals surface area (Å²) in [7, 11) is 0. The van der Waals surface area contributed by atoms with Crippen molar-refractivity contribution in [2.45, 2.75) is 0 Å². The maximum Gasteiger partial charge on any atom is 0.270 e. The highest BCUT2D eigenvalue weighted by Crippen LogP contribution is 2.27. The Morgan fingerprint density at radius 3 is 2.71 bits per heavy atom. The van der Waals surface area contributed by atoms with E-state index < -0.39 is 4.92 Å². The maximum absolute atomic E-state index is 10.8. The average Bonchev–Trinajstić information content (AvgIpc) is 2.97. The van der Waals surface area contributed by atoms with Crippen molar-refractivity contribution >= 4 is 11.4 Å². The van der Waals surface area contributed by atoms with E-state index in [2.05, 4.69) is 10.1 Å². The molecule has 7 nitrogen and oxygen atoms in total. The molecule has 0 fully saturated rings. The molecule has 0 aliphatic rings. The quantitative estimate of drug-likeness (QED) is 0.449. The number of nitrogen functional groups attached to an aromatic ring is 1. The monoisotopic (exact) mass is 282 g/mol. The van der Waals surface area contributed by atoms with Gasteiger partial charge in [-0.2, -0.15) is 4.98 Å². The molecule has 0 spiro atoms. The minimum Gasteiger partial charge on any atom is -0.398 e. The van der Waals surface area contributed by atoms with Crippen LogP contribution in [0.2, 0.25) is 0 Å². The lowest BCUT2D eigenvalue weighted by Gasteiger charge is -1.98. The number of anilines is 1. The van der Waals surface area contributed by atoms with Crippen molar-refractivity contribution in [2.75, 3.05) is 5.73 Å². The van der Waals surface area contributed by atoms with Gasteiger partial charge in [0, 0.05) is 28.9 Å². The summed E-state index contributed by atoms with van der Waals surface area (Å²) >= 11 is 0. The number of benzene rings is 2. The van der Waals surface area contributed by atoms with Gasteiger partial charge >= 0.3 is 0 Å². The molecule has 1 heterocycles. The predicted octanol–water partition coefficient (Wildman–Crippen LogP) is 2.89. The van der Waals surface area contributed by atoms with Gasteiger partial charge in [-0.05, 0) is 18.2 Å². The zero-order valence-electron chi connectivity index (χ0n) is 10.8. The van der Waals surface area contributed by atoms with Crippen LogP contribution in [0.5, 0.6) is 0 Å². The highest BCUT2D eigenvalue weighted by molar-refractivity contribution is 5.72. The van der Waals surface area contributed by atoms with Crippen molar-refractivity contribution in [3.8, 4) is 22.8 Å². The van der Waals surface area contributed by atoms with Crippen LogP contribution in [-0.2, 0) is 0 Å². The Balaban J connectivity index is 2.01. The lowest BCUT2D eigenvalue weighted by Crippen LogP contribution is -1.90. The van der Waals surface area contributed by atoms with E-state index in [-0.39, 0.29) is 11.6 Å². The number of non-ortho nitro benzene ring substituents is 1. The van der Waals surface area contributed by atoms with Crippen LogP contribution < -0.4 is 5.73 Å². The first-order chi connectivity index (χ1) is 10.1. The number of nitrogens with two attached hydrogens (primary N) is 1. The number of nitro benzene ring substituents is 1. The first-order valence-corrected chi connectivity index (χ1v) is 6.08. The SMILES string of the molecule is Nc1ccccc1-c1noc(-c2cccc([N+](=O)[O-])c2)n1. The molecule has 0 saturated heterocycles. The second-order valence-corrected chi connectivity index (χ2v) is 4.32. The van der Waals surface area contributed by atoms with E-state index in [0.29, 0.717) is 22.6 Å². The van der Waals surface area contributed by atoms with Crippen molar-refractivity contribution in [1.29, 1.82) is 0 Å². The van der Waals surface area contributed by atoms with Crippen LogP contribution in [0.15, 0.2) is 53.1 Å². The number of para-hydroxylation sites is 1. The Kier molecular flexibility index (Phi) is 3.07. The van der Waals surface area contributed by atoms with E-state index in [0.717, 1.165) is 0 Å². The molecule has 2 N–H and O–H groups in total. The molecule has 0 amide bonds. The molecule has 0 unspecified atom stereocenters. The Hall–Kier alpha value is -3.22. The van der Waals surface area contributed by atoms with Crippen LogP contribution >= 0.6 is 0 Å². The van der Waals surface area contributed by atoms with E-state index in [1.54, 1.807) is 30.3 Å². The Bertz CT molecular complexity index is 813. The van der Waals surface area contributed by atoms with Gasteiger partial charge in [0.25, 0.3) is 11.6 Å². The van der Waals surface area contributed by atoms with Crippen LogP contribution in [0.25, 0.3) is 22.8 Å². The van der Waals surface area contributed by atoms with Gasteiger partial charge in [-0.1, -0.05) is 23.4 Å². The molecule has 3 rings (SSSR count). The molecule has 1 aromatic heterocycles. The van der Waals surface area contributed by atoms with Crippen molar-refractivity contribution < 1.29 is 9.45 Å². The topological polar surface area (TPSA) is 108 Å². The van der Waals surface area contributed by atoms with Crippen LogP contribution in [-0.4, -0.2) is 15.1 Å². The number of hydrogen-bond acceptors (Lipinski definition) is 6. The van der Waals surface area contributed by atoms with Crippen molar-refractivity contribution in [3.05, 3.63) is 58.6 Å². The highest BCUT2D eigenvalue weighted by Gasteiger charge is 2.14. The standard InChI is InChI=1S/C14H10N4O3/c15-12-7-2-1-6-11(12)13-16-14(21-17-13)9-4-3-5-10(8-9)18(19)20/h1-8H,15H2. The average molecular weight is 282 g/mol. The zero-order valence-corrected chi connectivity index (χ0v) is 10.8. The normalized spacial score (nSPS) is 10.5. The van der Waals surface area contributed by atoms with E-state index in [1.165, 1.54) is 12.1 Å². The fourth-order valence-electron chi connectivity index (χ4n) is 1.90. The molecular weight excluding hydrogens is 272 g/mol. The first kappa shape index (κ1) is 12.8. The fourth-order valence-corrected chi connectivity index (χ4v) is 1.90. The Labute approximate surface area is 119 Å². The van der Waals surface area contributed by atoms with E-state index in [1.807, 2.05) is 6.07 Å². The van der Waals surface area contributed by atoms with Gasteiger partial charge in [0.05, 0.1) is 4.92 Å². The number of hydrogen-bond donors (Lipinski definition) is 1. The van der Waals surface area contributed by atoms with Gasteiger partial charge in [-0.25, -0.2) is 0 Å². The molecule has 104 valence electrons. The minimum atomic E-state index is -0.476. The molecule has 0 saturated carbocycles. The molecule has 21 heavy (non-hydrogen) atoms. The van der Waals surface area contributed by atoms with Crippen LogP contribution in [0.3, 0.4) is 0 Å². The van der Waals surface area contributed by atoms with E-state index >= 15 is 0 Å². The lowest BCUT2D eigenvalue weighted by molar-refractivity contribution is -0.384. The summed E-state index contributed by atoms with van der Waals surface area (Å²) in [6, 6.07) is 13.1. The smallest absolute Gasteiger partial charge is 0.270 e. The maximum atomic E-state index is 10.8. The summed E-state index contributed by atoms with van der Waals surface area (Å²) in [6.45, 7) is 0. The third-order valence-electron chi connectivity index (χ3n) is 2.93. The van der Waals surface area contributed by atoms with Crippen molar-refractivity contribution in [2.24, 2.45) is 0 Å². The summed E-state index contributed by atoms with van der Waals surface area (Å²) in [5.74, 6) is 0.548.